The average Bonchev–Trinajstić information content (AvgIpc) is 3.16. The van der Waals surface area contributed by atoms with Crippen LogP contribution < -0.4 is 0 Å². The highest BCUT2D eigenvalue weighted by molar-refractivity contribution is 7.10. The summed E-state index contributed by atoms with van der Waals surface area (Å²) >= 11 is 13.3. The molecule has 1 aromatic heterocycles. The van der Waals surface area contributed by atoms with Crippen molar-refractivity contribution >= 4 is 46.1 Å². The van der Waals surface area contributed by atoms with Crippen molar-refractivity contribution in [3.8, 4) is 0 Å². The number of halogens is 2. The number of carbonyl (C=O) groups excluding carboxylic acids is 2. The molecule has 26 heavy (non-hydrogen) atoms. The van der Waals surface area contributed by atoms with Crippen molar-refractivity contribution in [2.45, 2.75) is 18.8 Å². The van der Waals surface area contributed by atoms with Gasteiger partial charge in [0.15, 0.2) is 11.6 Å². The summed E-state index contributed by atoms with van der Waals surface area (Å²) in [4.78, 5) is 26.4. The maximum absolute atomic E-state index is 12.7. The van der Waals surface area contributed by atoms with E-state index in [1.54, 1.807) is 59.9 Å². The summed E-state index contributed by atoms with van der Waals surface area (Å²) in [5.41, 5.74) is 1.21. The molecule has 0 radical (unpaired) electrons. The van der Waals surface area contributed by atoms with Crippen molar-refractivity contribution in [2.24, 2.45) is 0 Å². The van der Waals surface area contributed by atoms with Crippen LogP contribution in [0.25, 0.3) is 0 Å². The molecule has 3 aromatic rings. The Bertz CT molecular complexity index is 825. The number of carbonyl (C=O) groups is 2. The summed E-state index contributed by atoms with van der Waals surface area (Å²) < 4.78 is 0. The Morgan fingerprint density at radius 2 is 1.23 bits per heavy atom. The Hall–Kier alpha value is -1.94. The summed E-state index contributed by atoms with van der Waals surface area (Å²) in [6.07, 6.45) is 0.558. The molecule has 0 saturated carbocycles. The SMILES string of the molecule is O=C(CC(CC(=O)c1ccc(Cl)cc1)c1cccs1)c1ccc(Cl)cc1. The number of rotatable bonds is 7. The number of hydrogen-bond donors (Lipinski definition) is 0. The lowest BCUT2D eigenvalue weighted by Gasteiger charge is -2.14. The van der Waals surface area contributed by atoms with Gasteiger partial charge < -0.3 is 0 Å². The van der Waals surface area contributed by atoms with Crippen molar-refractivity contribution in [2.75, 3.05) is 0 Å². The van der Waals surface area contributed by atoms with Crippen molar-refractivity contribution in [1.82, 2.24) is 0 Å². The highest BCUT2D eigenvalue weighted by Crippen LogP contribution is 2.30. The van der Waals surface area contributed by atoms with Crippen LogP contribution in [0.4, 0.5) is 0 Å². The summed E-state index contributed by atoms with van der Waals surface area (Å²) in [6.45, 7) is 0. The molecule has 0 fully saturated rings. The molecule has 0 aliphatic carbocycles. The summed E-state index contributed by atoms with van der Waals surface area (Å²) in [5.74, 6) is -0.144. The molecule has 0 atom stereocenters. The Balaban J connectivity index is 1.77. The normalized spacial score (nSPS) is 10.9. The molecule has 0 aliphatic heterocycles. The van der Waals surface area contributed by atoms with Crippen LogP contribution in [-0.2, 0) is 0 Å². The first-order valence-corrected chi connectivity index (χ1v) is 9.77. The number of Topliss-reactive ketones (excluding diaryl/α,β-unsaturated/α-hetero) is 2. The zero-order valence-electron chi connectivity index (χ0n) is 13.8. The number of benzene rings is 2. The molecule has 0 saturated heterocycles. The third kappa shape index (κ3) is 4.82. The fourth-order valence-corrected chi connectivity index (χ4v) is 3.83. The van der Waals surface area contributed by atoms with E-state index in [9.17, 15) is 9.59 Å². The van der Waals surface area contributed by atoms with Crippen molar-refractivity contribution in [3.63, 3.8) is 0 Å². The molecule has 132 valence electrons. The van der Waals surface area contributed by atoms with Gasteiger partial charge in [0, 0.05) is 44.8 Å². The first-order chi connectivity index (χ1) is 12.5. The molecular formula is C21H16Cl2O2S. The molecule has 0 amide bonds. The predicted octanol–water partition coefficient (Wildman–Crippen LogP) is 6.68. The lowest BCUT2D eigenvalue weighted by molar-refractivity contribution is 0.0945. The molecule has 0 N–H and O–H groups in total. The zero-order chi connectivity index (χ0) is 18.5. The predicted molar refractivity (Wildman–Crippen MR) is 108 cm³/mol. The van der Waals surface area contributed by atoms with Gasteiger partial charge in [0.05, 0.1) is 0 Å². The van der Waals surface area contributed by atoms with E-state index < -0.39 is 0 Å². The standard InChI is InChI=1S/C21H16Cl2O2S/c22-17-7-3-14(4-8-17)19(24)12-16(21-2-1-11-26-21)13-20(25)15-5-9-18(23)10-6-15/h1-11,16H,12-13H2. The molecule has 0 bridgehead atoms. The minimum atomic E-state index is -0.152. The maximum Gasteiger partial charge on any atom is 0.163 e. The number of thiophene rings is 1. The van der Waals surface area contributed by atoms with Crippen LogP contribution in [0, 0.1) is 0 Å². The fraction of sp³-hybridized carbons (Fsp3) is 0.143. The first-order valence-electron chi connectivity index (χ1n) is 8.14. The largest absolute Gasteiger partial charge is 0.294 e. The fourth-order valence-electron chi connectivity index (χ4n) is 2.75. The van der Waals surface area contributed by atoms with E-state index in [0.29, 0.717) is 21.2 Å². The highest BCUT2D eigenvalue weighted by atomic mass is 35.5. The van der Waals surface area contributed by atoms with Crippen molar-refractivity contribution < 1.29 is 9.59 Å². The van der Waals surface area contributed by atoms with E-state index in [2.05, 4.69) is 0 Å². The second-order valence-corrected chi connectivity index (χ2v) is 7.83. The topological polar surface area (TPSA) is 34.1 Å². The van der Waals surface area contributed by atoms with E-state index in [1.165, 1.54) is 0 Å². The molecule has 0 aliphatic rings. The van der Waals surface area contributed by atoms with Gasteiger partial charge in [-0.25, -0.2) is 0 Å². The smallest absolute Gasteiger partial charge is 0.163 e. The monoisotopic (exact) mass is 402 g/mol. The second kappa shape index (κ2) is 8.63. The number of ketones is 2. The quantitative estimate of drug-likeness (QED) is 0.412. The Morgan fingerprint density at radius 3 is 1.62 bits per heavy atom. The van der Waals surface area contributed by atoms with E-state index >= 15 is 0 Å². The molecule has 0 spiro atoms. The van der Waals surface area contributed by atoms with E-state index in [1.807, 2.05) is 17.5 Å². The van der Waals surface area contributed by atoms with Crippen LogP contribution in [-0.4, -0.2) is 11.6 Å². The van der Waals surface area contributed by atoms with Crippen molar-refractivity contribution in [3.05, 3.63) is 92.1 Å². The Labute approximate surface area is 166 Å². The molecule has 0 unspecified atom stereocenters. The molecule has 2 nitrogen and oxygen atoms in total. The Morgan fingerprint density at radius 1 is 0.769 bits per heavy atom. The molecule has 5 heteroatoms. The lowest BCUT2D eigenvalue weighted by Crippen LogP contribution is -2.12. The molecular weight excluding hydrogens is 387 g/mol. The summed E-state index contributed by atoms with van der Waals surface area (Å²) in [5, 5.41) is 3.14. The summed E-state index contributed by atoms with van der Waals surface area (Å²) in [6, 6.07) is 17.6. The van der Waals surface area contributed by atoms with Gasteiger partial charge in [-0.05, 0) is 60.0 Å². The van der Waals surface area contributed by atoms with Crippen LogP contribution in [0.15, 0.2) is 66.0 Å². The summed E-state index contributed by atoms with van der Waals surface area (Å²) in [7, 11) is 0. The molecule has 1 heterocycles. The third-order valence-corrected chi connectivity index (χ3v) is 5.68. The average molecular weight is 403 g/mol. The van der Waals surface area contributed by atoms with Gasteiger partial charge in [-0.3, -0.25) is 9.59 Å². The zero-order valence-corrected chi connectivity index (χ0v) is 16.2. The minimum absolute atomic E-state index is 0.00368. The maximum atomic E-state index is 12.7. The highest BCUT2D eigenvalue weighted by Gasteiger charge is 2.22. The van der Waals surface area contributed by atoms with Crippen LogP contribution in [0.2, 0.25) is 10.0 Å². The molecule has 3 rings (SSSR count). The van der Waals surface area contributed by atoms with Gasteiger partial charge in [0.25, 0.3) is 0 Å². The van der Waals surface area contributed by atoms with E-state index in [0.717, 1.165) is 4.88 Å². The second-order valence-electron chi connectivity index (χ2n) is 5.98. The van der Waals surface area contributed by atoms with Crippen LogP contribution in [0.1, 0.15) is 44.4 Å². The van der Waals surface area contributed by atoms with Gasteiger partial charge in [-0.2, -0.15) is 0 Å². The van der Waals surface area contributed by atoms with E-state index in [-0.39, 0.29) is 30.3 Å². The van der Waals surface area contributed by atoms with Crippen LogP contribution >= 0.6 is 34.5 Å². The van der Waals surface area contributed by atoms with Gasteiger partial charge >= 0.3 is 0 Å². The van der Waals surface area contributed by atoms with Gasteiger partial charge in [0.2, 0.25) is 0 Å². The van der Waals surface area contributed by atoms with Crippen molar-refractivity contribution in [1.29, 1.82) is 0 Å². The van der Waals surface area contributed by atoms with Gasteiger partial charge in [-0.1, -0.05) is 29.3 Å². The van der Waals surface area contributed by atoms with Gasteiger partial charge in [-0.15, -0.1) is 11.3 Å². The Kier molecular flexibility index (Phi) is 6.25. The van der Waals surface area contributed by atoms with Crippen LogP contribution in [0.5, 0.6) is 0 Å². The number of hydrogen-bond acceptors (Lipinski definition) is 3. The minimum Gasteiger partial charge on any atom is -0.294 e. The first kappa shape index (κ1) is 18.8. The van der Waals surface area contributed by atoms with Crippen LogP contribution in [0.3, 0.4) is 0 Å². The third-order valence-electron chi connectivity index (χ3n) is 4.14. The van der Waals surface area contributed by atoms with Gasteiger partial charge in [0.1, 0.15) is 0 Å². The lowest BCUT2D eigenvalue weighted by atomic mass is 9.90. The van der Waals surface area contributed by atoms with E-state index in [4.69, 9.17) is 23.2 Å². The molecule has 2 aromatic carbocycles.